The first kappa shape index (κ1) is 20.8. The normalized spacial score (nSPS) is 16.1. The highest BCUT2D eigenvalue weighted by atomic mass is 28.4. The van der Waals surface area contributed by atoms with Crippen molar-refractivity contribution in [1.29, 1.82) is 0 Å². The molecule has 0 aliphatic rings. The lowest BCUT2D eigenvalue weighted by molar-refractivity contribution is 0.0208. The molecule has 26 heavy (non-hydrogen) atoms. The maximum atomic E-state index is 11.0. The Kier molecular flexibility index (Phi) is 6.80. The minimum atomic E-state index is -1.97. The fraction of sp³-hybridized carbons (Fsp3) is 0.455. The predicted molar refractivity (Wildman–Crippen MR) is 110 cm³/mol. The summed E-state index contributed by atoms with van der Waals surface area (Å²) in [6.07, 6.45) is -1.58. The van der Waals surface area contributed by atoms with Gasteiger partial charge in [-0.1, -0.05) is 81.4 Å². The van der Waals surface area contributed by atoms with Gasteiger partial charge in [-0.2, -0.15) is 0 Å². The quantitative estimate of drug-likeness (QED) is 0.681. The standard InChI is InChI=1S/C22H32O3Si/c1-22(2,3)26(4,5)25-16-19(23)20(17-12-8-6-9-13-17)21(24)18-14-10-7-11-15-18/h6-15,19-21,23-24H,16H2,1-5H3/t19-,20+,21+/m1/s1. The Morgan fingerprint density at radius 2 is 1.31 bits per heavy atom. The first-order chi connectivity index (χ1) is 12.1. The monoisotopic (exact) mass is 372 g/mol. The molecule has 0 unspecified atom stereocenters. The lowest BCUT2D eigenvalue weighted by atomic mass is 9.85. The van der Waals surface area contributed by atoms with Crippen LogP contribution in [0.3, 0.4) is 0 Å². The van der Waals surface area contributed by atoms with Crippen LogP contribution in [0.15, 0.2) is 60.7 Å². The zero-order chi connectivity index (χ0) is 19.4. The van der Waals surface area contributed by atoms with Crippen molar-refractivity contribution in [2.75, 3.05) is 6.61 Å². The van der Waals surface area contributed by atoms with Crippen molar-refractivity contribution in [3.05, 3.63) is 71.8 Å². The number of rotatable bonds is 7. The number of aliphatic hydroxyl groups is 2. The van der Waals surface area contributed by atoms with E-state index in [2.05, 4.69) is 33.9 Å². The average molecular weight is 373 g/mol. The van der Waals surface area contributed by atoms with Gasteiger partial charge in [0.25, 0.3) is 0 Å². The molecule has 0 bridgehead atoms. The molecule has 0 heterocycles. The van der Waals surface area contributed by atoms with Crippen molar-refractivity contribution in [1.82, 2.24) is 0 Å². The highest BCUT2D eigenvalue weighted by Gasteiger charge is 2.39. The fourth-order valence-electron chi connectivity index (χ4n) is 2.76. The van der Waals surface area contributed by atoms with Crippen molar-refractivity contribution in [2.45, 2.75) is 57.0 Å². The van der Waals surface area contributed by atoms with E-state index in [0.29, 0.717) is 0 Å². The molecule has 0 aliphatic carbocycles. The lowest BCUT2D eigenvalue weighted by Crippen LogP contribution is -2.43. The minimum absolute atomic E-state index is 0.0764. The van der Waals surface area contributed by atoms with E-state index in [1.54, 1.807) is 0 Å². The van der Waals surface area contributed by atoms with Crippen LogP contribution in [0.5, 0.6) is 0 Å². The van der Waals surface area contributed by atoms with E-state index in [0.717, 1.165) is 11.1 Å². The second-order valence-corrected chi connectivity index (χ2v) is 13.2. The van der Waals surface area contributed by atoms with Crippen molar-refractivity contribution in [3.63, 3.8) is 0 Å². The Labute approximate surface area is 158 Å². The lowest BCUT2D eigenvalue weighted by Gasteiger charge is -2.38. The van der Waals surface area contributed by atoms with Gasteiger partial charge in [-0.15, -0.1) is 0 Å². The van der Waals surface area contributed by atoms with Crippen LogP contribution in [-0.2, 0) is 4.43 Å². The third kappa shape index (κ3) is 5.04. The average Bonchev–Trinajstić information content (AvgIpc) is 2.61. The van der Waals surface area contributed by atoms with Crippen molar-refractivity contribution in [2.24, 2.45) is 0 Å². The van der Waals surface area contributed by atoms with Crippen LogP contribution in [0, 0.1) is 0 Å². The van der Waals surface area contributed by atoms with Gasteiger partial charge in [0.2, 0.25) is 0 Å². The Bertz CT molecular complexity index is 665. The molecule has 0 aromatic heterocycles. The first-order valence-corrected chi connectivity index (χ1v) is 12.1. The van der Waals surface area contributed by atoms with E-state index in [4.69, 9.17) is 4.43 Å². The zero-order valence-electron chi connectivity index (χ0n) is 16.5. The van der Waals surface area contributed by atoms with E-state index < -0.39 is 26.4 Å². The van der Waals surface area contributed by atoms with E-state index in [1.165, 1.54) is 0 Å². The summed E-state index contributed by atoms with van der Waals surface area (Å²) >= 11 is 0. The molecule has 0 fully saturated rings. The van der Waals surface area contributed by atoms with E-state index in [-0.39, 0.29) is 11.6 Å². The number of benzene rings is 2. The van der Waals surface area contributed by atoms with Crippen LogP contribution >= 0.6 is 0 Å². The molecule has 0 radical (unpaired) electrons. The number of hydrogen-bond donors (Lipinski definition) is 2. The summed E-state index contributed by atoms with van der Waals surface area (Å²) in [5, 5.41) is 22.0. The summed E-state index contributed by atoms with van der Waals surface area (Å²) in [6.45, 7) is 11.1. The maximum absolute atomic E-state index is 11.0. The highest BCUT2D eigenvalue weighted by molar-refractivity contribution is 6.74. The van der Waals surface area contributed by atoms with E-state index >= 15 is 0 Å². The smallest absolute Gasteiger partial charge is 0.192 e. The highest BCUT2D eigenvalue weighted by Crippen LogP contribution is 2.38. The van der Waals surface area contributed by atoms with Crippen LogP contribution in [0.2, 0.25) is 18.1 Å². The molecule has 2 N–H and O–H groups in total. The molecule has 3 nitrogen and oxygen atoms in total. The number of hydrogen-bond acceptors (Lipinski definition) is 3. The maximum Gasteiger partial charge on any atom is 0.192 e. The summed E-state index contributed by atoms with van der Waals surface area (Å²) in [4.78, 5) is 0. The Morgan fingerprint density at radius 1 is 0.846 bits per heavy atom. The topological polar surface area (TPSA) is 49.7 Å². The Hall–Kier alpha value is -1.46. The summed E-state index contributed by atoms with van der Waals surface area (Å²) in [7, 11) is -1.97. The molecule has 142 valence electrons. The van der Waals surface area contributed by atoms with Crippen LogP contribution in [0.4, 0.5) is 0 Å². The summed E-state index contributed by atoms with van der Waals surface area (Å²) < 4.78 is 6.22. The molecule has 0 aliphatic heterocycles. The van der Waals surface area contributed by atoms with Crippen LogP contribution in [0.1, 0.15) is 43.9 Å². The number of aliphatic hydroxyl groups excluding tert-OH is 2. The molecule has 2 rings (SSSR count). The van der Waals surface area contributed by atoms with E-state index in [1.807, 2.05) is 60.7 Å². The van der Waals surface area contributed by atoms with Gasteiger partial charge in [0.1, 0.15) is 0 Å². The van der Waals surface area contributed by atoms with Gasteiger partial charge in [0, 0.05) is 5.92 Å². The van der Waals surface area contributed by atoms with Crippen LogP contribution in [-0.4, -0.2) is 31.2 Å². The molecule has 0 saturated heterocycles. The molecule has 2 aromatic rings. The molecular formula is C22H32O3Si. The zero-order valence-corrected chi connectivity index (χ0v) is 17.5. The molecule has 0 saturated carbocycles. The largest absolute Gasteiger partial charge is 0.414 e. The van der Waals surface area contributed by atoms with Gasteiger partial charge in [0.15, 0.2) is 8.32 Å². The Morgan fingerprint density at radius 3 is 1.77 bits per heavy atom. The molecular weight excluding hydrogens is 340 g/mol. The minimum Gasteiger partial charge on any atom is -0.414 e. The van der Waals surface area contributed by atoms with Crippen molar-refractivity contribution < 1.29 is 14.6 Å². The summed E-state index contributed by atoms with van der Waals surface area (Å²) in [5.41, 5.74) is 1.71. The van der Waals surface area contributed by atoms with Gasteiger partial charge in [-0.3, -0.25) is 0 Å². The van der Waals surface area contributed by atoms with Gasteiger partial charge in [-0.25, -0.2) is 0 Å². The summed E-state index contributed by atoms with van der Waals surface area (Å²) in [5.74, 6) is -0.441. The fourth-order valence-corrected chi connectivity index (χ4v) is 3.78. The van der Waals surface area contributed by atoms with Crippen LogP contribution in [0.25, 0.3) is 0 Å². The SMILES string of the molecule is CC(C)(C)[Si](C)(C)OC[C@@H](O)[C@H](c1ccccc1)[C@@H](O)c1ccccc1. The van der Waals surface area contributed by atoms with Gasteiger partial charge in [0.05, 0.1) is 18.8 Å². The molecule has 3 atom stereocenters. The second-order valence-electron chi connectivity index (χ2n) is 8.43. The van der Waals surface area contributed by atoms with E-state index in [9.17, 15) is 10.2 Å². The second kappa shape index (κ2) is 8.48. The van der Waals surface area contributed by atoms with Gasteiger partial charge >= 0.3 is 0 Å². The first-order valence-electron chi connectivity index (χ1n) is 9.23. The van der Waals surface area contributed by atoms with Crippen LogP contribution < -0.4 is 0 Å². The van der Waals surface area contributed by atoms with Crippen molar-refractivity contribution in [3.8, 4) is 0 Å². The predicted octanol–water partition coefficient (Wildman–Crippen LogP) is 4.89. The third-order valence-corrected chi connectivity index (χ3v) is 10.0. The molecule has 4 heteroatoms. The Balaban J connectivity index is 2.24. The van der Waals surface area contributed by atoms with Gasteiger partial charge in [-0.05, 0) is 29.3 Å². The van der Waals surface area contributed by atoms with Gasteiger partial charge < -0.3 is 14.6 Å². The molecule has 0 amide bonds. The summed E-state index contributed by atoms with van der Waals surface area (Å²) in [6, 6.07) is 19.2. The van der Waals surface area contributed by atoms with Crippen molar-refractivity contribution >= 4 is 8.32 Å². The molecule has 2 aromatic carbocycles. The third-order valence-electron chi connectivity index (χ3n) is 5.50. The molecule has 0 spiro atoms.